The SMILES string of the molecule is CCc1nocc1C(=O)NC(C1CCC(C)CC1)C1Nc2ccc(C(CN)C(C)C(=O)N(C)C)c(F)c2N1. The number of anilines is 2. The number of carbonyl (C=O) groups is 2. The third kappa shape index (κ3) is 5.50. The summed E-state index contributed by atoms with van der Waals surface area (Å²) in [6, 6.07) is 3.25. The van der Waals surface area contributed by atoms with E-state index in [1.54, 1.807) is 27.1 Å². The van der Waals surface area contributed by atoms with Gasteiger partial charge in [-0.15, -0.1) is 0 Å². The van der Waals surface area contributed by atoms with Crippen LogP contribution in [0, 0.1) is 23.6 Å². The van der Waals surface area contributed by atoms with Gasteiger partial charge < -0.3 is 31.1 Å². The zero-order valence-electron chi connectivity index (χ0n) is 23.0. The molecular weight excluding hydrogens is 487 g/mol. The Morgan fingerprint density at radius 2 is 1.95 bits per heavy atom. The quantitative estimate of drug-likeness (QED) is 0.389. The van der Waals surface area contributed by atoms with Crippen LogP contribution in [-0.2, 0) is 11.2 Å². The lowest BCUT2D eigenvalue weighted by molar-refractivity contribution is -0.133. The number of benzene rings is 1. The Labute approximate surface area is 224 Å². The first-order valence-electron chi connectivity index (χ1n) is 13.7. The minimum atomic E-state index is -0.472. The zero-order valence-corrected chi connectivity index (χ0v) is 23.0. The van der Waals surface area contributed by atoms with Gasteiger partial charge in [0.1, 0.15) is 18.0 Å². The fourth-order valence-corrected chi connectivity index (χ4v) is 5.91. The molecule has 9 nitrogen and oxygen atoms in total. The van der Waals surface area contributed by atoms with Gasteiger partial charge in [-0.1, -0.05) is 44.8 Å². The van der Waals surface area contributed by atoms with E-state index in [2.05, 4.69) is 28.0 Å². The molecule has 1 aliphatic carbocycles. The third-order valence-corrected chi connectivity index (χ3v) is 8.32. The van der Waals surface area contributed by atoms with Gasteiger partial charge in [0.15, 0.2) is 5.82 Å². The molecule has 2 aliphatic rings. The number of amides is 2. The van der Waals surface area contributed by atoms with Crippen LogP contribution in [0.15, 0.2) is 22.9 Å². The van der Waals surface area contributed by atoms with Gasteiger partial charge in [-0.2, -0.15) is 0 Å². The van der Waals surface area contributed by atoms with Crippen molar-refractivity contribution in [1.29, 1.82) is 0 Å². The molecule has 4 atom stereocenters. The molecule has 1 aliphatic heterocycles. The smallest absolute Gasteiger partial charge is 0.256 e. The Kier molecular flexibility index (Phi) is 8.60. The van der Waals surface area contributed by atoms with Gasteiger partial charge in [0.05, 0.1) is 23.1 Å². The van der Waals surface area contributed by atoms with Gasteiger partial charge in [0.25, 0.3) is 5.91 Å². The summed E-state index contributed by atoms with van der Waals surface area (Å²) in [6.45, 7) is 6.10. The van der Waals surface area contributed by atoms with Gasteiger partial charge in [-0.3, -0.25) is 9.59 Å². The number of hydrogen-bond acceptors (Lipinski definition) is 7. The minimum absolute atomic E-state index is 0.0983. The molecule has 38 heavy (non-hydrogen) atoms. The molecule has 1 aromatic heterocycles. The number of nitrogens with one attached hydrogen (secondary N) is 3. The summed E-state index contributed by atoms with van der Waals surface area (Å²) >= 11 is 0. The number of halogens is 1. The van der Waals surface area contributed by atoms with Crippen LogP contribution in [0.5, 0.6) is 0 Å². The number of fused-ring (bicyclic) bond motifs is 1. The monoisotopic (exact) mass is 528 g/mol. The van der Waals surface area contributed by atoms with Gasteiger partial charge in [0.2, 0.25) is 5.91 Å². The van der Waals surface area contributed by atoms with Crippen LogP contribution in [-0.4, -0.2) is 54.7 Å². The Hall–Kier alpha value is -3.14. The minimum Gasteiger partial charge on any atom is -0.364 e. The Balaban J connectivity index is 1.60. The van der Waals surface area contributed by atoms with Gasteiger partial charge in [-0.25, -0.2) is 4.39 Å². The lowest BCUT2D eigenvalue weighted by Gasteiger charge is -2.36. The fraction of sp³-hybridized carbons (Fsp3) is 0.607. The lowest BCUT2D eigenvalue weighted by atomic mass is 9.78. The van der Waals surface area contributed by atoms with Crippen molar-refractivity contribution in [1.82, 2.24) is 15.4 Å². The third-order valence-electron chi connectivity index (χ3n) is 8.32. The molecular formula is C28H41FN6O3. The first-order valence-corrected chi connectivity index (χ1v) is 13.7. The molecule has 2 heterocycles. The van der Waals surface area contributed by atoms with Crippen LogP contribution in [0.2, 0.25) is 0 Å². The molecule has 1 aromatic carbocycles. The van der Waals surface area contributed by atoms with Crippen molar-refractivity contribution in [2.45, 2.75) is 71.0 Å². The summed E-state index contributed by atoms with van der Waals surface area (Å²) < 4.78 is 21.0. The molecule has 10 heteroatoms. The highest BCUT2D eigenvalue weighted by atomic mass is 19.1. The Morgan fingerprint density at radius 3 is 2.58 bits per heavy atom. The number of carbonyl (C=O) groups excluding carboxylic acids is 2. The average molecular weight is 529 g/mol. The molecule has 0 radical (unpaired) electrons. The van der Waals surface area contributed by atoms with Crippen molar-refractivity contribution in [3.8, 4) is 0 Å². The molecule has 2 amide bonds. The van der Waals surface area contributed by atoms with Crippen molar-refractivity contribution in [2.24, 2.45) is 23.5 Å². The van der Waals surface area contributed by atoms with E-state index in [-0.39, 0.29) is 30.3 Å². The highest BCUT2D eigenvalue weighted by Crippen LogP contribution is 2.40. The summed E-state index contributed by atoms with van der Waals surface area (Å²) in [6.07, 6.45) is 5.67. The van der Waals surface area contributed by atoms with Crippen molar-refractivity contribution in [2.75, 3.05) is 31.3 Å². The number of nitrogens with two attached hydrogens (primary N) is 1. The van der Waals surface area contributed by atoms with Crippen molar-refractivity contribution in [3.05, 3.63) is 41.0 Å². The van der Waals surface area contributed by atoms with Crippen LogP contribution < -0.4 is 21.7 Å². The topological polar surface area (TPSA) is 126 Å². The first kappa shape index (κ1) is 27.9. The van der Waals surface area contributed by atoms with E-state index in [0.29, 0.717) is 40.5 Å². The number of aromatic nitrogens is 1. The van der Waals surface area contributed by atoms with Crippen molar-refractivity contribution < 1.29 is 18.5 Å². The second kappa shape index (κ2) is 11.7. The highest BCUT2D eigenvalue weighted by molar-refractivity contribution is 5.95. The van der Waals surface area contributed by atoms with E-state index in [0.717, 1.165) is 25.7 Å². The number of aryl methyl sites for hydroxylation is 1. The summed E-state index contributed by atoms with van der Waals surface area (Å²) in [7, 11) is 3.37. The summed E-state index contributed by atoms with van der Waals surface area (Å²) in [4.78, 5) is 27.4. The molecule has 0 bridgehead atoms. The van der Waals surface area contributed by atoms with Gasteiger partial charge in [0, 0.05) is 32.5 Å². The van der Waals surface area contributed by atoms with Crippen LogP contribution in [0.1, 0.15) is 74.0 Å². The molecule has 2 aromatic rings. The maximum Gasteiger partial charge on any atom is 0.256 e. The predicted octanol–water partition coefficient (Wildman–Crippen LogP) is 3.93. The van der Waals surface area contributed by atoms with E-state index in [1.807, 2.05) is 13.0 Å². The van der Waals surface area contributed by atoms with E-state index in [9.17, 15) is 9.59 Å². The van der Waals surface area contributed by atoms with Crippen molar-refractivity contribution >= 4 is 23.2 Å². The Morgan fingerprint density at radius 1 is 1.24 bits per heavy atom. The van der Waals surface area contributed by atoms with Crippen molar-refractivity contribution in [3.63, 3.8) is 0 Å². The Bertz CT molecular complexity index is 1140. The normalized spacial score (nSPS) is 23.0. The van der Waals surface area contributed by atoms with E-state index in [1.165, 1.54) is 11.2 Å². The molecule has 0 spiro atoms. The largest absolute Gasteiger partial charge is 0.364 e. The number of nitrogens with zero attached hydrogens (tertiary/aromatic N) is 2. The molecule has 4 rings (SSSR count). The van der Waals surface area contributed by atoms with Crippen LogP contribution >= 0.6 is 0 Å². The van der Waals surface area contributed by atoms with Gasteiger partial charge >= 0.3 is 0 Å². The predicted molar refractivity (Wildman–Crippen MR) is 145 cm³/mol. The van der Waals surface area contributed by atoms with Crippen LogP contribution in [0.3, 0.4) is 0 Å². The molecule has 208 valence electrons. The van der Waals surface area contributed by atoms with Gasteiger partial charge in [-0.05, 0) is 42.7 Å². The molecule has 5 N–H and O–H groups in total. The number of hydrogen-bond donors (Lipinski definition) is 4. The second-order valence-corrected chi connectivity index (χ2v) is 11.1. The molecule has 1 saturated carbocycles. The highest BCUT2D eigenvalue weighted by Gasteiger charge is 2.39. The molecule has 0 saturated heterocycles. The van der Waals surface area contributed by atoms with E-state index in [4.69, 9.17) is 10.3 Å². The summed E-state index contributed by atoms with van der Waals surface area (Å²) in [5.74, 6) is -0.829. The first-order chi connectivity index (χ1) is 18.2. The maximum atomic E-state index is 16.0. The van der Waals surface area contributed by atoms with E-state index < -0.39 is 23.8 Å². The number of rotatable bonds is 9. The summed E-state index contributed by atoms with van der Waals surface area (Å²) in [5.41, 5.74) is 8.45. The summed E-state index contributed by atoms with van der Waals surface area (Å²) in [5, 5.41) is 13.9. The standard InChI is InChI=1S/C28H41FN6O3/c1-6-21-20(14-38-34-21)27(36)33-24(17-9-7-15(2)8-10-17)26-31-22-12-11-18(23(29)25(22)32-26)19(13-30)16(3)28(37)35(4)5/h11-12,14-17,19,24,26,31-32H,6-10,13,30H2,1-5H3,(H,33,36). The fourth-order valence-electron chi connectivity index (χ4n) is 5.91. The lowest BCUT2D eigenvalue weighted by Crippen LogP contribution is -2.53. The average Bonchev–Trinajstić information content (AvgIpc) is 3.56. The van der Waals surface area contributed by atoms with E-state index >= 15 is 4.39 Å². The molecule has 1 fully saturated rings. The van der Waals surface area contributed by atoms with Crippen LogP contribution in [0.4, 0.5) is 15.8 Å². The second-order valence-electron chi connectivity index (χ2n) is 11.1. The maximum absolute atomic E-state index is 16.0. The molecule has 4 unspecified atom stereocenters. The van der Waals surface area contributed by atoms with Crippen LogP contribution in [0.25, 0.3) is 0 Å². The zero-order chi connectivity index (χ0) is 27.6.